The summed E-state index contributed by atoms with van der Waals surface area (Å²) in [4.78, 5) is 9.35. The highest BCUT2D eigenvalue weighted by Gasteiger charge is 2.09. The number of aliphatic imine (C=N–C) groups is 1. The second-order valence-corrected chi connectivity index (χ2v) is 6.70. The van der Waals surface area contributed by atoms with Crippen molar-refractivity contribution >= 4 is 39.1 Å². The SMILES string of the molecule is Brc1ccc(/C=N/c2nc3ccccc3n2Cc2ccccc2)cc1. The van der Waals surface area contributed by atoms with Crippen molar-refractivity contribution in [3.05, 3.63) is 94.5 Å². The predicted octanol–water partition coefficient (Wildman–Crippen LogP) is 5.60. The summed E-state index contributed by atoms with van der Waals surface area (Å²) >= 11 is 3.45. The molecule has 0 saturated carbocycles. The normalized spacial score (nSPS) is 11.4. The van der Waals surface area contributed by atoms with E-state index in [1.54, 1.807) is 0 Å². The number of fused-ring (bicyclic) bond motifs is 1. The molecule has 0 bridgehead atoms. The minimum absolute atomic E-state index is 0.716. The van der Waals surface area contributed by atoms with Crippen LogP contribution in [0.3, 0.4) is 0 Å². The Morgan fingerprint density at radius 1 is 0.880 bits per heavy atom. The van der Waals surface area contributed by atoms with Gasteiger partial charge in [-0.05, 0) is 35.4 Å². The summed E-state index contributed by atoms with van der Waals surface area (Å²) < 4.78 is 3.21. The molecule has 0 radical (unpaired) electrons. The minimum Gasteiger partial charge on any atom is -0.304 e. The van der Waals surface area contributed by atoms with Crippen molar-refractivity contribution in [1.29, 1.82) is 0 Å². The van der Waals surface area contributed by atoms with E-state index in [-0.39, 0.29) is 0 Å². The van der Waals surface area contributed by atoms with Crippen LogP contribution in [0, 0.1) is 0 Å². The van der Waals surface area contributed by atoms with Crippen molar-refractivity contribution in [3.63, 3.8) is 0 Å². The van der Waals surface area contributed by atoms with Crippen LogP contribution in [-0.4, -0.2) is 15.8 Å². The van der Waals surface area contributed by atoms with Crippen LogP contribution in [0.5, 0.6) is 0 Å². The minimum atomic E-state index is 0.716. The van der Waals surface area contributed by atoms with E-state index in [0.717, 1.165) is 27.6 Å². The van der Waals surface area contributed by atoms with Crippen molar-refractivity contribution in [2.75, 3.05) is 0 Å². The Labute approximate surface area is 154 Å². The molecule has 4 aromatic rings. The van der Waals surface area contributed by atoms with Gasteiger partial charge in [0.15, 0.2) is 0 Å². The van der Waals surface area contributed by atoms with E-state index in [1.165, 1.54) is 5.56 Å². The molecule has 0 N–H and O–H groups in total. The van der Waals surface area contributed by atoms with Crippen LogP contribution in [0.4, 0.5) is 5.95 Å². The number of imidazole rings is 1. The first kappa shape index (κ1) is 15.8. The topological polar surface area (TPSA) is 30.2 Å². The third-order valence-corrected chi connectivity index (χ3v) is 4.55. The van der Waals surface area contributed by atoms with Gasteiger partial charge in [-0.3, -0.25) is 0 Å². The van der Waals surface area contributed by atoms with Gasteiger partial charge in [-0.2, -0.15) is 0 Å². The predicted molar refractivity (Wildman–Crippen MR) is 107 cm³/mol. The van der Waals surface area contributed by atoms with Crippen LogP contribution in [0.2, 0.25) is 0 Å². The molecule has 4 rings (SSSR count). The largest absolute Gasteiger partial charge is 0.304 e. The lowest BCUT2D eigenvalue weighted by atomic mass is 10.2. The van der Waals surface area contributed by atoms with E-state index in [2.05, 4.69) is 55.8 Å². The van der Waals surface area contributed by atoms with Crippen LogP contribution < -0.4 is 0 Å². The Morgan fingerprint density at radius 3 is 2.40 bits per heavy atom. The van der Waals surface area contributed by atoms with E-state index < -0.39 is 0 Å². The summed E-state index contributed by atoms with van der Waals surface area (Å²) in [5.74, 6) is 0.716. The van der Waals surface area contributed by atoms with Crippen LogP contribution in [0.1, 0.15) is 11.1 Å². The fourth-order valence-electron chi connectivity index (χ4n) is 2.76. The highest BCUT2D eigenvalue weighted by Crippen LogP contribution is 2.23. The fraction of sp³-hybridized carbons (Fsp3) is 0.0476. The van der Waals surface area contributed by atoms with Crippen molar-refractivity contribution in [2.24, 2.45) is 4.99 Å². The van der Waals surface area contributed by atoms with Gasteiger partial charge in [0.25, 0.3) is 0 Å². The van der Waals surface area contributed by atoms with Crippen molar-refractivity contribution in [3.8, 4) is 0 Å². The van der Waals surface area contributed by atoms with Crippen LogP contribution in [-0.2, 0) is 6.54 Å². The van der Waals surface area contributed by atoms with Crippen LogP contribution >= 0.6 is 15.9 Å². The average molecular weight is 390 g/mol. The molecule has 1 aromatic heterocycles. The van der Waals surface area contributed by atoms with Crippen molar-refractivity contribution in [1.82, 2.24) is 9.55 Å². The quantitative estimate of drug-likeness (QED) is 0.418. The van der Waals surface area contributed by atoms with Gasteiger partial charge in [-0.1, -0.05) is 70.5 Å². The van der Waals surface area contributed by atoms with Gasteiger partial charge >= 0.3 is 0 Å². The molecule has 3 nitrogen and oxygen atoms in total. The highest BCUT2D eigenvalue weighted by molar-refractivity contribution is 9.10. The standard InChI is InChI=1S/C21H16BrN3/c22-18-12-10-16(11-13-18)14-23-21-24-19-8-4-5-9-20(19)25(21)15-17-6-2-1-3-7-17/h1-14H,15H2/b23-14+. The number of para-hydroxylation sites is 2. The summed E-state index contributed by atoms with van der Waals surface area (Å²) in [6.07, 6.45) is 1.86. The van der Waals surface area contributed by atoms with Crippen LogP contribution in [0.15, 0.2) is 88.3 Å². The summed E-state index contributed by atoms with van der Waals surface area (Å²) in [7, 11) is 0. The first-order valence-electron chi connectivity index (χ1n) is 8.08. The number of hydrogen-bond acceptors (Lipinski definition) is 2. The number of benzene rings is 3. The fourth-order valence-corrected chi connectivity index (χ4v) is 3.03. The maximum absolute atomic E-state index is 4.70. The molecule has 0 aliphatic heterocycles. The smallest absolute Gasteiger partial charge is 0.230 e. The molecule has 122 valence electrons. The molecule has 0 atom stereocenters. The molecule has 0 amide bonds. The van der Waals surface area contributed by atoms with Gasteiger partial charge in [0.2, 0.25) is 5.95 Å². The molecule has 1 heterocycles. The number of rotatable bonds is 4. The summed E-state index contributed by atoms with van der Waals surface area (Å²) in [5, 5.41) is 0. The lowest BCUT2D eigenvalue weighted by Gasteiger charge is -2.06. The molecule has 3 aromatic carbocycles. The molecular weight excluding hydrogens is 374 g/mol. The average Bonchev–Trinajstić information content (AvgIpc) is 3.00. The Hall–Kier alpha value is -2.72. The second-order valence-electron chi connectivity index (χ2n) is 5.78. The molecule has 0 saturated heterocycles. The maximum atomic E-state index is 4.70. The number of hydrogen-bond donors (Lipinski definition) is 0. The zero-order valence-electron chi connectivity index (χ0n) is 13.5. The van der Waals surface area contributed by atoms with Gasteiger partial charge in [0.05, 0.1) is 17.6 Å². The molecule has 0 unspecified atom stereocenters. The lowest BCUT2D eigenvalue weighted by molar-refractivity contribution is 0.827. The van der Waals surface area contributed by atoms with Gasteiger partial charge < -0.3 is 4.57 Å². The maximum Gasteiger partial charge on any atom is 0.230 e. The molecule has 0 fully saturated rings. The molecule has 0 spiro atoms. The molecular formula is C21H16BrN3. The Bertz CT molecular complexity index is 1020. The lowest BCUT2D eigenvalue weighted by Crippen LogP contribution is -1.99. The van der Waals surface area contributed by atoms with E-state index >= 15 is 0 Å². The van der Waals surface area contributed by atoms with Gasteiger partial charge in [-0.25, -0.2) is 9.98 Å². The van der Waals surface area contributed by atoms with Gasteiger partial charge in [-0.15, -0.1) is 0 Å². The van der Waals surface area contributed by atoms with Crippen molar-refractivity contribution < 1.29 is 0 Å². The number of aromatic nitrogens is 2. The Kier molecular flexibility index (Phi) is 4.44. The molecule has 25 heavy (non-hydrogen) atoms. The van der Waals surface area contributed by atoms with Crippen molar-refractivity contribution in [2.45, 2.75) is 6.54 Å². The summed E-state index contributed by atoms with van der Waals surface area (Å²) in [6, 6.07) is 26.6. The Morgan fingerprint density at radius 2 is 1.60 bits per heavy atom. The number of nitrogens with zero attached hydrogens (tertiary/aromatic N) is 3. The monoisotopic (exact) mass is 389 g/mol. The van der Waals surface area contributed by atoms with E-state index in [1.807, 2.05) is 54.7 Å². The molecule has 0 aliphatic rings. The van der Waals surface area contributed by atoms with E-state index in [0.29, 0.717) is 5.95 Å². The Balaban J connectivity index is 1.74. The zero-order chi connectivity index (χ0) is 17.1. The molecule has 4 heteroatoms. The van der Waals surface area contributed by atoms with Gasteiger partial charge in [0.1, 0.15) is 0 Å². The third kappa shape index (κ3) is 3.54. The first-order valence-corrected chi connectivity index (χ1v) is 8.88. The second kappa shape index (κ2) is 7.03. The summed E-state index contributed by atoms with van der Waals surface area (Å²) in [6.45, 7) is 0.744. The third-order valence-electron chi connectivity index (χ3n) is 4.02. The van der Waals surface area contributed by atoms with Gasteiger partial charge in [0, 0.05) is 10.7 Å². The summed E-state index contributed by atoms with van der Waals surface area (Å²) in [5.41, 5.74) is 4.32. The van der Waals surface area contributed by atoms with E-state index in [9.17, 15) is 0 Å². The van der Waals surface area contributed by atoms with E-state index in [4.69, 9.17) is 4.98 Å². The van der Waals surface area contributed by atoms with Crippen LogP contribution in [0.25, 0.3) is 11.0 Å². The number of halogens is 1. The zero-order valence-corrected chi connectivity index (χ0v) is 15.1. The highest BCUT2D eigenvalue weighted by atomic mass is 79.9. The first-order chi connectivity index (χ1) is 12.3. The molecule has 0 aliphatic carbocycles.